The van der Waals surface area contributed by atoms with Gasteiger partial charge in [0.25, 0.3) is 0 Å². The summed E-state index contributed by atoms with van der Waals surface area (Å²) in [5.41, 5.74) is 0.201. The van der Waals surface area contributed by atoms with Gasteiger partial charge in [-0.2, -0.15) is 0 Å². The number of carbonyl (C=O) groups excluding carboxylic acids is 3. The highest BCUT2D eigenvalue weighted by Crippen LogP contribution is 2.15. The van der Waals surface area contributed by atoms with Crippen molar-refractivity contribution in [2.75, 3.05) is 7.11 Å². The lowest BCUT2D eigenvalue weighted by Crippen LogP contribution is -2.53. The third-order valence-corrected chi connectivity index (χ3v) is 4.06. The zero-order valence-electron chi connectivity index (χ0n) is 17.7. The van der Waals surface area contributed by atoms with Crippen LogP contribution in [0.4, 0.5) is 4.79 Å². The first-order chi connectivity index (χ1) is 13.1. The zero-order valence-corrected chi connectivity index (χ0v) is 17.7. The highest BCUT2D eigenvalue weighted by atomic mass is 16.6. The minimum atomic E-state index is -0.796. The van der Waals surface area contributed by atoms with E-state index in [1.165, 1.54) is 12.0 Å². The molecule has 0 saturated heterocycles. The number of amides is 2. The molecule has 1 rings (SSSR count). The van der Waals surface area contributed by atoms with Crippen molar-refractivity contribution in [1.29, 1.82) is 0 Å². The number of hydrogen-bond donors (Lipinski definition) is 1. The van der Waals surface area contributed by atoms with E-state index >= 15 is 0 Å². The van der Waals surface area contributed by atoms with Crippen LogP contribution >= 0.6 is 0 Å². The Morgan fingerprint density at radius 2 is 1.75 bits per heavy atom. The quantitative estimate of drug-likeness (QED) is 0.687. The van der Waals surface area contributed by atoms with Gasteiger partial charge < -0.3 is 19.7 Å². The summed E-state index contributed by atoms with van der Waals surface area (Å²) in [4.78, 5) is 39.0. The molecule has 0 radical (unpaired) electrons. The Hall–Kier alpha value is -2.57. The molecule has 7 heteroatoms. The normalized spacial score (nSPS) is 13.2. The van der Waals surface area contributed by atoms with Crippen molar-refractivity contribution in [3.8, 4) is 0 Å². The van der Waals surface area contributed by atoms with Crippen LogP contribution in [0, 0.1) is 0 Å². The van der Waals surface area contributed by atoms with Crippen LogP contribution < -0.4 is 5.32 Å². The highest BCUT2D eigenvalue weighted by molar-refractivity contribution is 5.89. The van der Waals surface area contributed by atoms with Crippen LogP contribution in [0.15, 0.2) is 30.3 Å². The maximum absolute atomic E-state index is 13.2. The van der Waals surface area contributed by atoms with Gasteiger partial charge in [0.2, 0.25) is 5.91 Å². The van der Waals surface area contributed by atoms with Crippen LogP contribution in [0.25, 0.3) is 0 Å². The first kappa shape index (κ1) is 23.5. The van der Waals surface area contributed by atoms with E-state index in [2.05, 4.69) is 5.32 Å². The number of carbonyl (C=O) groups is 3. The van der Waals surface area contributed by atoms with Crippen LogP contribution in [0.3, 0.4) is 0 Å². The predicted octanol–water partition coefficient (Wildman–Crippen LogP) is 3.27. The number of methoxy groups -OCH3 is 1. The van der Waals surface area contributed by atoms with E-state index in [1.807, 2.05) is 37.3 Å². The molecular formula is C21H32N2O5. The van der Waals surface area contributed by atoms with Crippen molar-refractivity contribution in [3.63, 3.8) is 0 Å². The summed E-state index contributed by atoms with van der Waals surface area (Å²) in [6.07, 6.45) is 0.444. The van der Waals surface area contributed by atoms with Gasteiger partial charge in [-0.15, -0.1) is 0 Å². The van der Waals surface area contributed by atoms with Crippen molar-refractivity contribution < 1.29 is 23.9 Å². The Morgan fingerprint density at radius 1 is 1.14 bits per heavy atom. The molecule has 1 aromatic carbocycles. The fraction of sp³-hybridized carbons (Fsp3) is 0.571. The van der Waals surface area contributed by atoms with Crippen molar-refractivity contribution in [2.45, 2.75) is 71.7 Å². The van der Waals surface area contributed by atoms with E-state index in [-0.39, 0.29) is 12.5 Å². The monoisotopic (exact) mass is 392 g/mol. The SMILES string of the molecule is CCCC(NC(=O)OC(C)(C)C)C(=O)N(Cc1ccccc1)C(C)C(=O)OC. The van der Waals surface area contributed by atoms with Gasteiger partial charge in [-0.3, -0.25) is 4.79 Å². The summed E-state index contributed by atoms with van der Waals surface area (Å²) in [7, 11) is 1.28. The lowest BCUT2D eigenvalue weighted by atomic mass is 10.1. The number of nitrogens with one attached hydrogen (secondary N) is 1. The lowest BCUT2D eigenvalue weighted by molar-refractivity contribution is -0.153. The fourth-order valence-electron chi connectivity index (χ4n) is 2.68. The Balaban J connectivity index is 3.07. The van der Waals surface area contributed by atoms with Crippen LogP contribution in [-0.2, 0) is 25.6 Å². The second-order valence-corrected chi connectivity index (χ2v) is 7.64. The summed E-state index contributed by atoms with van der Waals surface area (Å²) >= 11 is 0. The Kier molecular flexibility index (Phi) is 8.96. The van der Waals surface area contributed by atoms with E-state index in [1.54, 1.807) is 27.7 Å². The number of alkyl carbamates (subject to hydrolysis) is 1. The molecule has 0 aliphatic carbocycles. The van der Waals surface area contributed by atoms with Gasteiger partial charge >= 0.3 is 12.1 Å². The average molecular weight is 392 g/mol. The molecule has 0 aromatic heterocycles. The molecule has 2 amide bonds. The number of ether oxygens (including phenoxy) is 2. The number of nitrogens with zero attached hydrogens (tertiary/aromatic N) is 1. The molecule has 28 heavy (non-hydrogen) atoms. The number of hydrogen-bond acceptors (Lipinski definition) is 5. The maximum atomic E-state index is 13.2. The molecule has 2 unspecified atom stereocenters. The van der Waals surface area contributed by atoms with Crippen LogP contribution in [-0.4, -0.2) is 47.7 Å². The molecule has 156 valence electrons. The van der Waals surface area contributed by atoms with Crippen molar-refractivity contribution >= 4 is 18.0 Å². The highest BCUT2D eigenvalue weighted by Gasteiger charge is 2.33. The van der Waals surface area contributed by atoms with Gasteiger partial charge in [0.1, 0.15) is 17.7 Å². The van der Waals surface area contributed by atoms with Crippen LogP contribution in [0.1, 0.15) is 53.0 Å². The van der Waals surface area contributed by atoms with Crippen molar-refractivity contribution in [3.05, 3.63) is 35.9 Å². The predicted molar refractivity (Wildman–Crippen MR) is 107 cm³/mol. The number of rotatable bonds is 8. The van der Waals surface area contributed by atoms with E-state index in [9.17, 15) is 14.4 Å². The molecule has 0 fully saturated rings. The fourth-order valence-corrected chi connectivity index (χ4v) is 2.68. The second-order valence-electron chi connectivity index (χ2n) is 7.64. The van der Waals surface area contributed by atoms with Gasteiger partial charge in [-0.1, -0.05) is 43.7 Å². The molecule has 7 nitrogen and oxygen atoms in total. The molecule has 0 saturated carbocycles. The van der Waals surface area contributed by atoms with E-state index in [0.29, 0.717) is 12.8 Å². The third-order valence-electron chi connectivity index (χ3n) is 4.06. The Bertz CT molecular complexity index is 655. The van der Waals surface area contributed by atoms with E-state index < -0.39 is 29.7 Å². The number of benzene rings is 1. The Morgan fingerprint density at radius 3 is 2.25 bits per heavy atom. The molecule has 2 atom stereocenters. The largest absolute Gasteiger partial charge is 0.467 e. The van der Waals surface area contributed by atoms with Gasteiger partial charge in [-0.25, -0.2) is 9.59 Å². The first-order valence-corrected chi connectivity index (χ1v) is 9.50. The molecule has 0 aliphatic heterocycles. The molecule has 1 N–H and O–H groups in total. The first-order valence-electron chi connectivity index (χ1n) is 9.50. The molecule has 0 heterocycles. The smallest absolute Gasteiger partial charge is 0.408 e. The maximum Gasteiger partial charge on any atom is 0.408 e. The van der Waals surface area contributed by atoms with Gasteiger partial charge in [0.15, 0.2) is 0 Å². The minimum absolute atomic E-state index is 0.228. The summed E-state index contributed by atoms with van der Waals surface area (Å²) in [5.74, 6) is -0.869. The van der Waals surface area contributed by atoms with E-state index in [4.69, 9.17) is 9.47 Å². The number of esters is 1. The molecule has 0 bridgehead atoms. The third kappa shape index (κ3) is 7.58. The summed E-state index contributed by atoms with van der Waals surface area (Å²) < 4.78 is 10.1. The van der Waals surface area contributed by atoms with Gasteiger partial charge in [-0.05, 0) is 39.7 Å². The molecular weight excluding hydrogens is 360 g/mol. The van der Waals surface area contributed by atoms with Crippen molar-refractivity contribution in [2.24, 2.45) is 0 Å². The average Bonchev–Trinajstić information content (AvgIpc) is 2.63. The minimum Gasteiger partial charge on any atom is -0.467 e. The molecule has 0 spiro atoms. The summed E-state index contributed by atoms with van der Waals surface area (Å²) in [5, 5.41) is 2.65. The summed E-state index contributed by atoms with van der Waals surface area (Å²) in [6.45, 7) is 9.02. The topological polar surface area (TPSA) is 84.9 Å². The molecule has 0 aliphatic rings. The van der Waals surface area contributed by atoms with Crippen molar-refractivity contribution in [1.82, 2.24) is 10.2 Å². The van der Waals surface area contributed by atoms with Gasteiger partial charge in [0.05, 0.1) is 7.11 Å². The lowest BCUT2D eigenvalue weighted by Gasteiger charge is -2.32. The van der Waals surface area contributed by atoms with Gasteiger partial charge in [0, 0.05) is 6.54 Å². The summed E-state index contributed by atoms with van der Waals surface area (Å²) in [6, 6.07) is 7.77. The standard InChI is InChI=1S/C21H32N2O5/c1-7-11-17(22-20(26)28-21(3,4)5)18(24)23(15(2)19(25)27-6)14-16-12-9-8-10-13-16/h8-10,12-13,15,17H,7,11,14H2,1-6H3,(H,22,26). The van der Waals surface area contributed by atoms with Crippen LogP contribution in [0.5, 0.6) is 0 Å². The zero-order chi connectivity index (χ0) is 21.3. The van der Waals surface area contributed by atoms with Crippen LogP contribution in [0.2, 0.25) is 0 Å². The Labute approximate surface area is 167 Å². The molecule has 1 aromatic rings. The van der Waals surface area contributed by atoms with E-state index in [0.717, 1.165) is 5.56 Å². The second kappa shape index (κ2) is 10.7.